The fourth-order valence-electron chi connectivity index (χ4n) is 4.14. The van der Waals surface area contributed by atoms with Crippen molar-refractivity contribution in [1.29, 1.82) is 0 Å². The van der Waals surface area contributed by atoms with Gasteiger partial charge < -0.3 is 20.7 Å². The quantitative estimate of drug-likeness (QED) is 0.121. The van der Waals surface area contributed by atoms with Crippen LogP contribution < -0.4 is 16.0 Å². The number of unbranched alkanes of at least 4 members (excludes halogenated alkanes) is 1. The summed E-state index contributed by atoms with van der Waals surface area (Å²) < 4.78 is 42.0. The van der Waals surface area contributed by atoms with Gasteiger partial charge in [0.05, 0.1) is 12.5 Å². The van der Waals surface area contributed by atoms with Crippen LogP contribution in [-0.4, -0.2) is 59.5 Å². The lowest BCUT2D eigenvalue weighted by atomic mass is 9.99. The van der Waals surface area contributed by atoms with Gasteiger partial charge in [-0.25, -0.2) is 9.78 Å². The summed E-state index contributed by atoms with van der Waals surface area (Å²) in [5.41, 5.74) is 2.13. The number of thioether (sulfide) groups is 1. The number of carbonyl (C=O) groups excluding carboxylic acids is 4. The highest BCUT2D eigenvalue weighted by Crippen LogP contribution is 2.25. The van der Waals surface area contributed by atoms with E-state index in [2.05, 4.69) is 25.7 Å². The van der Waals surface area contributed by atoms with Crippen LogP contribution in [-0.2, 0) is 23.9 Å². The molecule has 1 aromatic heterocycles. The zero-order valence-corrected chi connectivity index (χ0v) is 24.7. The van der Waals surface area contributed by atoms with Crippen LogP contribution in [0.5, 0.6) is 0 Å². The average molecular weight is 631 g/mol. The molecular weight excluding hydrogens is 597 g/mol. The van der Waals surface area contributed by atoms with Gasteiger partial charge in [0.2, 0.25) is 11.8 Å². The van der Waals surface area contributed by atoms with E-state index in [0.29, 0.717) is 24.9 Å². The molecule has 0 radical (unpaired) electrons. The summed E-state index contributed by atoms with van der Waals surface area (Å²) in [5, 5.41) is 8.49. The molecule has 0 aliphatic carbocycles. The van der Waals surface area contributed by atoms with E-state index in [1.165, 1.54) is 11.8 Å². The van der Waals surface area contributed by atoms with Crippen molar-refractivity contribution in [2.45, 2.75) is 43.9 Å². The highest BCUT2D eigenvalue weighted by molar-refractivity contribution is 7.98. The molecule has 3 aromatic rings. The van der Waals surface area contributed by atoms with Crippen molar-refractivity contribution in [2.24, 2.45) is 0 Å². The third-order valence-corrected chi connectivity index (χ3v) is 7.00. The van der Waals surface area contributed by atoms with Crippen LogP contribution in [0, 0.1) is 0 Å². The van der Waals surface area contributed by atoms with Crippen LogP contribution >= 0.6 is 11.8 Å². The molecule has 0 fully saturated rings. The van der Waals surface area contributed by atoms with E-state index < -0.39 is 42.5 Å². The number of halogens is 3. The van der Waals surface area contributed by atoms with Gasteiger partial charge >= 0.3 is 18.1 Å². The molecule has 9 nitrogen and oxygen atoms in total. The molecule has 1 heterocycles. The number of benzene rings is 2. The average Bonchev–Trinajstić information content (AvgIpc) is 3.01. The Hall–Kier alpha value is -4.39. The van der Waals surface area contributed by atoms with Gasteiger partial charge in [-0.05, 0) is 47.9 Å². The first-order chi connectivity index (χ1) is 21.1. The summed E-state index contributed by atoms with van der Waals surface area (Å²) in [4.78, 5) is 53.6. The standard InChI is InChI=1S/C31H33F3N4O5S/c1-44-20-25(37-27(39)12-6-8-18-36-26-11-5-7-17-35-26)29(41)38-24(19-28(40)43-30(42)31(32,33)34)23-15-13-22(14-16-23)21-9-3-2-4-10-21/h2-5,7,9-11,13-17,24-25H,6,8,12,18-20H2,1H3,(H,35,36)(H,37,39)(H,38,41)/t24?,25-/m1/s1. The Morgan fingerprint density at radius 2 is 1.57 bits per heavy atom. The Labute approximate surface area is 257 Å². The molecule has 0 aliphatic rings. The fraction of sp³-hybridized carbons (Fsp3) is 0.323. The monoisotopic (exact) mass is 630 g/mol. The molecule has 0 saturated heterocycles. The Morgan fingerprint density at radius 1 is 0.886 bits per heavy atom. The Balaban J connectivity index is 1.65. The smallest absolute Gasteiger partial charge is 0.386 e. The highest BCUT2D eigenvalue weighted by atomic mass is 32.2. The van der Waals surface area contributed by atoms with Crippen molar-refractivity contribution >= 4 is 41.3 Å². The second-order valence-electron chi connectivity index (χ2n) is 9.69. The molecule has 0 spiro atoms. The largest absolute Gasteiger partial charge is 0.491 e. The number of hydrogen-bond acceptors (Lipinski definition) is 8. The Kier molecular flexibility index (Phi) is 13.2. The number of rotatable bonds is 15. The number of esters is 2. The molecule has 0 bridgehead atoms. The summed E-state index contributed by atoms with van der Waals surface area (Å²) in [5.74, 6) is -4.17. The van der Waals surface area contributed by atoms with E-state index in [1.54, 1.807) is 42.8 Å². The van der Waals surface area contributed by atoms with E-state index in [-0.39, 0.29) is 18.1 Å². The number of anilines is 1. The molecular formula is C31H33F3N4O5S. The van der Waals surface area contributed by atoms with Crippen LogP contribution in [0.4, 0.5) is 19.0 Å². The van der Waals surface area contributed by atoms with Crippen molar-refractivity contribution in [3.8, 4) is 11.1 Å². The molecule has 2 amide bonds. The van der Waals surface area contributed by atoms with Crippen molar-refractivity contribution in [3.63, 3.8) is 0 Å². The van der Waals surface area contributed by atoms with E-state index in [1.807, 2.05) is 42.5 Å². The summed E-state index contributed by atoms with van der Waals surface area (Å²) in [7, 11) is 0. The van der Waals surface area contributed by atoms with Crippen LogP contribution in [0.15, 0.2) is 79.0 Å². The second kappa shape index (κ2) is 17.0. The number of carbonyl (C=O) groups is 4. The molecule has 2 aromatic carbocycles. The molecule has 3 rings (SSSR count). The maximum atomic E-state index is 13.3. The molecule has 0 saturated carbocycles. The minimum Gasteiger partial charge on any atom is -0.386 e. The topological polar surface area (TPSA) is 126 Å². The van der Waals surface area contributed by atoms with Crippen molar-refractivity contribution in [3.05, 3.63) is 84.6 Å². The van der Waals surface area contributed by atoms with E-state index >= 15 is 0 Å². The lowest BCUT2D eigenvalue weighted by Crippen LogP contribution is -2.49. The Morgan fingerprint density at radius 3 is 2.20 bits per heavy atom. The highest BCUT2D eigenvalue weighted by Gasteiger charge is 2.42. The lowest BCUT2D eigenvalue weighted by Gasteiger charge is -2.23. The van der Waals surface area contributed by atoms with Crippen molar-refractivity contribution in [2.75, 3.05) is 23.9 Å². The Bertz CT molecular complexity index is 1380. The van der Waals surface area contributed by atoms with Crippen LogP contribution in [0.1, 0.15) is 37.3 Å². The van der Waals surface area contributed by atoms with Crippen LogP contribution in [0.2, 0.25) is 0 Å². The van der Waals surface area contributed by atoms with Gasteiger partial charge in [-0.15, -0.1) is 0 Å². The number of aromatic nitrogens is 1. The number of hydrogen-bond donors (Lipinski definition) is 3. The molecule has 234 valence electrons. The molecule has 0 aliphatic heterocycles. The second-order valence-corrected chi connectivity index (χ2v) is 10.6. The van der Waals surface area contributed by atoms with Gasteiger partial charge in [-0.1, -0.05) is 60.7 Å². The first-order valence-corrected chi connectivity index (χ1v) is 15.2. The molecule has 3 N–H and O–H groups in total. The molecule has 44 heavy (non-hydrogen) atoms. The van der Waals surface area contributed by atoms with Crippen molar-refractivity contribution < 1.29 is 37.1 Å². The fourth-order valence-corrected chi connectivity index (χ4v) is 4.71. The van der Waals surface area contributed by atoms with Gasteiger partial charge in [0, 0.05) is 24.9 Å². The SMILES string of the molecule is CSC[C@@H](NC(=O)CCCCNc1ccccn1)C(=O)NC(CC(=O)OC(=O)C(F)(F)F)c1ccc(-c2ccccc2)cc1. The maximum absolute atomic E-state index is 13.3. The predicted molar refractivity (Wildman–Crippen MR) is 161 cm³/mol. The van der Waals surface area contributed by atoms with E-state index in [9.17, 15) is 32.3 Å². The number of pyridine rings is 1. The minimum atomic E-state index is -5.35. The summed E-state index contributed by atoms with van der Waals surface area (Å²) in [6, 6.07) is 19.4. The van der Waals surface area contributed by atoms with Gasteiger partial charge in [-0.3, -0.25) is 14.4 Å². The first kappa shape index (κ1) is 34.1. The van der Waals surface area contributed by atoms with Crippen molar-refractivity contribution in [1.82, 2.24) is 15.6 Å². The summed E-state index contributed by atoms with van der Waals surface area (Å²) in [6.45, 7) is 0.608. The number of alkyl halides is 3. The van der Waals surface area contributed by atoms with Gasteiger partial charge in [0.25, 0.3) is 0 Å². The van der Waals surface area contributed by atoms with Crippen LogP contribution in [0.3, 0.4) is 0 Å². The summed E-state index contributed by atoms with van der Waals surface area (Å²) >= 11 is 1.30. The van der Waals surface area contributed by atoms with Crippen LogP contribution in [0.25, 0.3) is 11.1 Å². The third-order valence-electron chi connectivity index (χ3n) is 6.33. The minimum absolute atomic E-state index is 0.165. The number of amides is 2. The lowest BCUT2D eigenvalue weighted by molar-refractivity contribution is -0.202. The van der Waals surface area contributed by atoms with E-state index in [0.717, 1.165) is 16.9 Å². The molecule has 2 atom stereocenters. The predicted octanol–water partition coefficient (Wildman–Crippen LogP) is 5.06. The third kappa shape index (κ3) is 11.4. The number of nitrogens with zero attached hydrogens (tertiary/aromatic N) is 1. The van der Waals surface area contributed by atoms with E-state index in [4.69, 9.17) is 0 Å². The number of ether oxygens (including phenoxy) is 1. The zero-order valence-electron chi connectivity index (χ0n) is 23.9. The van der Waals surface area contributed by atoms with Gasteiger partial charge in [0.15, 0.2) is 0 Å². The van der Waals surface area contributed by atoms with Gasteiger partial charge in [-0.2, -0.15) is 24.9 Å². The summed E-state index contributed by atoms with van der Waals surface area (Å²) in [6.07, 6.45) is -1.29. The maximum Gasteiger partial charge on any atom is 0.491 e. The molecule has 13 heteroatoms. The normalized spacial score (nSPS) is 12.5. The first-order valence-electron chi connectivity index (χ1n) is 13.8. The molecule has 1 unspecified atom stereocenters. The number of nitrogens with one attached hydrogen (secondary N) is 3. The zero-order chi connectivity index (χ0) is 32.0. The van der Waals surface area contributed by atoms with Gasteiger partial charge in [0.1, 0.15) is 11.9 Å².